The van der Waals surface area contributed by atoms with E-state index >= 15 is 0 Å². The van der Waals surface area contributed by atoms with Gasteiger partial charge in [0.2, 0.25) is 5.91 Å². The molecule has 0 spiro atoms. The molecule has 1 heterocycles. The zero-order valence-corrected chi connectivity index (χ0v) is 9.60. The van der Waals surface area contributed by atoms with Crippen molar-refractivity contribution in [2.45, 2.75) is 6.42 Å². The van der Waals surface area contributed by atoms with Crippen LogP contribution in [0.2, 0.25) is 0 Å². The van der Waals surface area contributed by atoms with Crippen molar-refractivity contribution in [3.05, 3.63) is 29.6 Å². The highest BCUT2D eigenvalue weighted by molar-refractivity contribution is 5.97. The van der Waals surface area contributed by atoms with Gasteiger partial charge in [0.15, 0.2) is 0 Å². The Balaban J connectivity index is 2.21. The highest BCUT2D eigenvalue weighted by Crippen LogP contribution is 2.25. The fourth-order valence-electron chi connectivity index (χ4n) is 2.06. The van der Waals surface area contributed by atoms with Crippen LogP contribution in [-0.2, 0) is 4.79 Å². The predicted octanol–water partition coefficient (Wildman–Crippen LogP) is 0.479. The van der Waals surface area contributed by atoms with E-state index in [9.17, 15) is 19.1 Å². The molecule has 1 aromatic rings. The van der Waals surface area contributed by atoms with Crippen LogP contribution in [-0.4, -0.2) is 34.9 Å². The van der Waals surface area contributed by atoms with E-state index in [1.807, 2.05) is 0 Å². The van der Waals surface area contributed by atoms with Crippen LogP contribution >= 0.6 is 0 Å². The molecule has 1 unspecified atom stereocenters. The largest absolute Gasteiger partial charge is 0.507 e. The highest BCUT2D eigenvalue weighted by atomic mass is 19.1. The molecule has 1 atom stereocenters. The van der Waals surface area contributed by atoms with Gasteiger partial charge in [-0.15, -0.1) is 0 Å². The molecule has 1 aliphatic heterocycles. The number of nitrogens with zero attached hydrogens (tertiary/aromatic N) is 1. The summed E-state index contributed by atoms with van der Waals surface area (Å²) in [5, 5.41) is 9.52. The second-order valence-electron chi connectivity index (χ2n) is 4.27. The molecular formula is C12H13FN2O3. The van der Waals surface area contributed by atoms with Crippen LogP contribution in [0.4, 0.5) is 4.39 Å². The summed E-state index contributed by atoms with van der Waals surface area (Å²) in [5.74, 6) is -2.66. The fraction of sp³-hybridized carbons (Fsp3) is 0.333. The normalized spacial score (nSPS) is 18.9. The van der Waals surface area contributed by atoms with Gasteiger partial charge >= 0.3 is 0 Å². The Hall–Kier alpha value is -2.11. The summed E-state index contributed by atoms with van der Waals surface area (Å²) in [6, 6.07) is 3.67. The van der Waals surface area contributed by atoms with Gasteiger partial charge in [0.25, 0.3) is 5.91 Å². The van der Waals surface area contributed by atoms with E-state index in [4.69, 9.17) is 5.73 Å². The van der Waals surface area contributed by atoms with E-state index in [1.165, 1.54) is 17.0 Å². The van der Waals surface area contributed by atoms with Gasteiger partial charge in [-0.05, 0) is 18.6 Å². The highest BCUT2D eigenvalue weighted by Gasteiger charge is 2.32. The lowest BCUT2D eigenvalue weighted by atomic mass is 10.1. The van der Waals surface area contributed by atoms with Crippen molar-refractivity contribution >= 4 is 11.8 Å². The molecule has 0 radical (unpaired) electrons. The summed E-state index contributed by atoms with van der Waals surface area (Å²) in [4.78, 5) is 24.4. The number of hydrogen-bond donors (Lipinski definition) is 2. The number of carbonyl (C=O) groups excluding carboxylic acids is 2. The molecule has 0 aliphatic carbocycles. The number of phenolic OH excluding ortho intramolecular Hbond substituents is 1. The third kappa shape index (κ3) is 2.13. The molecule has 1 aromatic carbocycles. The Kier molecular flexibility index (Phi) is 3.18. The maximum absolute atomic E-state index is 13.5. The second-order valence-corrected chi connectivity index (χ2v) is 4.27. The van der Waals surface area contributed by atoms with Crippen LogP contribution in [0.15, 0.2) is 18.2 Å². The Morgan fingerprint density at radius 2 is 2.17 bits per heavy atom. The molecule has 2 amide bonds. The predicted molar refractivity (Wildman–Crippen MR) is 61.3 cm³/mol. The van der Waals surface area contributed by atoms with Crippen LogP contribution in [0.25, 0.3) is 0 Å². The minimum atomic E-state index is -0.775. The van der Waals surface area contributed by atoms with Crippen LogP contribution in [0.1, 0.15) is 16.8 Å². The number of hydrogen-bond acceptors (Lipinski definition) is 3. The van der Waals surface area contributed by atoms with Crippen LogP contribution in [0, 0.1) is 11.7 Å². The summed E-state index contributed by atoms with van der Waals surface area (Å²) >= 11 is 0. The lowest BCUT2D eigenvalue weighted by Crippen LogP contribution is -2.32. The molecule has 0 aromatic heterocycles. The van der Waals surface area contributed by atoms with E-state index in [1.54, 1.807) is 0 Å². The quantitative estimate of drug-likeness (QED) is 0.803. The summed E-state index contributed by atoms with van der Waals surface area (Å²) in [6.07, 6.45) is 0.469. The molecule has 5 nitrogen and oxygen atoms in total. The summed E-state index contributed by atoms with van der Waals surface area (Å²) in [6.45, 7) is 0.502. The number of amides is 2. The van der Waals surface area contributed by atoms with Crippen molar-refractivity contribution in [1.82, 2.24) is 4.90 Å². The average molecular weight is 252 g/mol. The number of rotatable bonds is 2. The molecule has 1 fully saturated rings. The van der Waals surface area contributed by atoms with E-state index in [-0.39, 0.29) is 12.1 Å². The summed E-state index contributed by atoms with van der Waals surface area (Å²) < 4.78 is 13.5. The molecule has 0 bridgehead atoms. The molecule has 6 heteroatoms. The standard InChI is InChI=1S/C12H13FN2O3/c13-8-2-1-3-9(16)10(8)12(18)15-5-4-7(6-15)11(14)17/h1-3,7,16H,4-6H2,(H2,14,17). The van der Waals surface area contributed by atoms with E-state index in [2.05, 4.69) is 0 Å². The van der Waals surface area contributed by atoms with Crippen molar-refractivity contribution in [1.29, 1.82) is 0 Å². The van der Waals surface area contributed by atoms with Gasteiger partial charge in [0.1, 0.15) is 17.1 Å². The topological polar surface area (TPSA) is 83.6 Å². The fourth-order valence-corrected chi connectivity index (χ4v) is 2.06. The zero-order valence-electron chi connectivity index (χ0n) is 9.60. The summed E-state index contributed by atoms with van der Waals surface area (Å²) in [5.41, 5.74) is 4.80. The molecule has 0 saturated carbocycles. The van der Waals surface area contributed by atoms with Gasteiger partial charge in [-0.25, -0.2) is 4.39 Å². The maximum Gasteiger partial charge on any atom is 0.260 e. The number of nitrogens with two attached hydrogens (primary N) is 1. The van der Waals surface area contributed by atoms with Crippen molar-refractivity contribution in [2.24, 2.45) is 11.7 Å². The zero-order chi connectivity index (χ0) is 13.3. The molecule has 1 saturated heterocycles. The van der Waals surface area contributed by atoms with Crippen molar-refractivity contribution in [3.8, 4) is 5.75 Å². The smallest absolute Gasteiger partial charge is 0.260 e. The molecule has 96 valence electrons. The minimum absolute atomic E-state index is 0.169. The summed E-state index contributed by atoms with van der Waals surface area (Å²) in [7, 11) is 0. The van der Waals surface area contributed by atoms with E-state index < -0.39 is 29.3 Å². The van der Waals surface area contributed by atoms with Gasteiger partial charge in [0, 0.05) is 13.1 Å². The number of likely N-dealkylation sites (tertiary alicyclic amines) is 1. The third-order valence-electron chi connectivity index (χ3n) is 3.08. The first-order chi connectivity index (χ1) is 8.50. The van der Waals surface area contributed by atoms with Gasteiger partial charge in [0.05, 0.1) is 5.92 Å². The molecule has 18 heavy (non-hydrogen) atoms. The first-order valence-corrected chi connectivity index (χ1v) is 5.56. The molecular weight excluding hydrogens is 239 g/mol. The van der Waals surface area contributed by atoms with Crippen LogP contribution in [0.3, 0.4) is 0 Å². The Morgan fingerprint density at radius 3 is 2.72 bits per heavy atom. The van der Waals surface area contributed by atoms with Crippen molar-refractivity contribution in [2.75, 3.05) is 13.1 Å². The van der Waals surface area contributed by atoms with Crippen LogP contribution < -0.4 is 5.73 Å². The number of carbonyl (C=O) groups is 2. The Labute approximate surface area is 103 Å². The number of phenols is 1. The van der Waals surface area contributed by atoms with Gasteiger partial charge in [-0.3, -0.25) is 9.59 Å². The second kappa shape index (κ2) is 4.64. The lowest BCUT2D eigenvalue weighted by Gasteiger charge is -2.17. The van der Waals surface area contributed by atoms with Crippen LogP contribution in [0.5, 0.6) is 5.75 Å². The number of primary amides is 1. The first-order valence-electron chi connectivity index (χ1n) is 5.56. The van der Waals surface area contributed by atoms with Gasteiger partial charge < -0.3 is 15.7 Å². The lowest BCUT2D eigenvalue weighted by molar-refractivity contribution is -0.121. The monoisotopic (exact) mass is 252 g/mol. The van der Waals surface area contributed by atoms with Crippen molar-refractivity contribution in [3.63, 3.8) is 0 Å². The molecule has 2 rings (SSSR count). The maximum atomic E-state index is 13.5. The van der Waals surface area contributed by atoms with Gasteiger partial charge in [-0.1, -0.05) is 6.07 Å². The SMILES string of the molecule is NC(=O)C1CCN(C(=O)c2c(O)cccc2F)C1. The van der Waals surface area contributed by atoms with Crippen molar-refractivity contribution < 1.29 is 19.1 Å². The number of benzene rings is 1. The number of halogens is 1. The Bertz CT molecular complexity index is 484. The number of aromatic hydroxyl groups is 1. The molecule has 3 N–H and O–H groups in total. The first kappa shape index (κ1) is 12.3. The minimum Gasteiger partial charge on any atom is -0.507 e. The third-order valence-corrected chi connectivity index (χ3v) is 3.08. The Morgan fingerprint density at radius 1 is 1.44 bits per heavy atom. The van der Waals surface area contributed by atoms with Gasteiger partial charge in [-0.2, -0.15) is 0 Å². The van der Waals surface area contributed by atoms with E-state index in [0.29, 0.717) is 13.0 Å². The molecule has 1 aliphatic rings. The van der Waals surface area contributed by atoms with E-state index in [0.717, 1.165) is 6.07 Å². The average Bonchev–Trinajstić information content (AvgIpc) is 2.77.